The Balaban J connectivity index is 0.000000177. The van der Waals surface area contributed by atoms with Gasteiger partial charge in [-0.1, -0.05) is 79.7 Å². The number of nitrogens with one attached hydrogen (secondary N) is 6. The average Bonchev–Trinajstić information content (AvgIpc) is 3.85. The number of piperazine rings is 1. The van der Waals surface area contributed by atoms with E-state index in [1.807, 2.05) is 43.3 Å². The summed E-state index contributed by atoms with van der Waals surface area (Å²) in [5, 5.41) is 21.4. The first-order valence-corrected chi connectivity index (χ1v) is 25.6. The second-order valence-corrected chi connectivity index (χ2v) is 18.6. The Morgan fingerprint density at radius 2 is 1.12 bits per heavy atom. The molecule has 3 aliphatic rings. The summed E-state index contributed by atoms with van der Waals surface area (Å²) < 4.78 is 2.46. The van der Waals surface area contributed by atoms with Crippen LogP contribution in [0.4, 0.5) is 37.4 Å². The van der Waals surface area contributed by atoms with Gasteiger partial charge in [0, 0.05) is 130 Å². The minimum atomic E-state index is -0.231. The number of nitrogens with zero attached hydrogens (tertiary/aromatic N) is 8. The summed E-state index contributed by atoms with van der Waals surface area (Å²) in [6, 6.07) is 35.3. The molecule has 6 amide bonds. The number of piperidine rings is 2. The Hall–Kier alpha value is -6.73. The SMILES string of the molecule is CCCN1CCC(NC(=O)Nc2ccc([N+](C)=O)cc2)CC1.CCn1cnc(NC(=O)NC2CCN(Cc3ccccc3)CC2)n1.Cc1ccccc1CN1CCN(CCNC(=O)Nc2ccccc2)CC1. The fourth-order valence-electron chi connectivity index (χ4n) is 8.85. The highest BCUT2D eigenvalue weighted by Crippen LogP contribution is 2.17. The van der Waals surface area contributed by atoms with E-state index in [0.717, 1.165) is 121 Å². The third kappa shape index (κ3) is 19.5. The zero-order valence-corrected chi connectivity index (χ0v) is 42.8. The highest BCUT2D eigenvalue weighted by molar-refractivity contribution is 5.90. The van der Waals surface area contributed by atoms with Crippen molar-refractivity contribution in [2.24, 2.45) is 0 Å². The Morgan fingerprint density at radius 3 is 1.72 bits per heavy atom. The standard InChI is InChI=1S/C21H28N4O.C17H24N6O.C16H24N4O2/c1-18-7-5-6-8-19(18)17-25-15-13-24(14-16-25)12-11-22-21(26)23-20-9-3-2-4-10-20;1-2-23-13-18-16(21-23)20-17(24)19-15-8-10-22(11-9-15)12-14-6-4-3-5-7-14;1-3-10-20-11-8-14(9-12-20)18-16(21)17-13-4-6-15(7-5-13)19(2)22/h2-10H,11-17H2,1H3,(H2,22,23,26);3-7,13,15H,2,8-12H2,1H3,(H2,19,20,21,24);4-7,14H,3,8-12H2,1-2H3,(H-,17,18,21,22)/p+1. The fourth-order valence-corrected chi connectivity index (χ4v) is 8.85. The van der Waals surface area contributed by atoms with Crippen molar-refractivity contribution in [3.8, 4) is 0 Å². The highest BCUT2D eigenvalue weighted by atomic mass is 16.3. The van der Waals surface area contributed by atoms with Crippen LogP contribution < -0.4 is 31.9 Å². The number of hydrogen-bond donors (Lipinski definition) is 6. The van der Waals surface area contributed by atoms with Gasteiger partial charge in [-0.2, -0.15) is 0 Å². The number of nitroso groups, excluding NO2 is 1. The fraction of sp³-hybridized carbons (Fsp3) is 0.463. The molecule has 0 bridgehead atoms. The number of likely N-dealkylation sites (tertiary alicyclic amines) is 2. The van der Waals surface area contributed by atoms with Crippen LogP contribution in [0.1, 0.15) is 62.6 Å². The molecule has 72 heavy (non-hydrogen) atoms. The Morgan fingerprint density at radius 1 is 0.597 bits per heavy atom. The van der Waals surface area contributed by atoms with Gasteiger partial charge < -0.3 is 31.5 Å². The zero-order chi connectivity index (χ0) is 50.9. The lowest BCUT2D eigenvalue weighted by atomic mass is 10.0. The molecule has 18 nitrogen and oxygen atoms in total. The van der Waals surface area contributed by atoms with Crippen molar-refractivity contribution in [1.29, 1.82) is 0 Å². The minimum absolute atomic E-state index is 0.144. The number of rotatable bonds is 16. The molecular formula is C54H77N14O4+. The monoisotopic (exact) mass is 986 g/mol. The first-order valence-electron chi connectivity index (χ1n) is 25.6. The number of benzene rings is 4. The van der Waals surface area contributed by atoms with Gasteiger partial charge in [-0.3, -0.25) is 24.7 Å². The minimum Gasteiger partial charge on any atom is -0.337 e. The maximum Gasteiger partial charge on any atom is 0.321 e. The van der Waals surface area contributed by atoms with Crippen LogP contribution in [0.5, 0.6) is 0 Å². The molecule has 386 valence electrons. The van der Waals surface area contributed by atoms with Crippen LogP contribution in [0, 0.1) is 11.8 Å². The molecule has 3 aliphatic heterocycles. The molecule has 4 aromatic carbocycles. The molecule has 0 radical (unpaired) electrons. The van der Waals surface area contributed by atoms with Crippen molar-refractivity contribution in [3.63, 3.8) is 0 Å². The molecule has 0 saturated carbocycles. The molecule has 0 aliphatic carbocycles. The molecule has 3 fully saturated rings. The summed E-state index contributed by atoms with van der Waals surface area (Å²) >= 11 is 0. The summed E-state index contributed by atoms with van der Waals surface area (Å²) in [6.45, 7) is 20.1. The van der Waals surface area contributed by atoms with E-state index in [0.29, 0.717) is 23.9 Å². The normalized spacial score (nSPS) is 15.9. The van der Waals surface area contributed by atoms with Gasteiger partial charge in [0.1, 0.15) is 6.33 Å². The lowest BCUT2D eigenvalue weighted by Gasteiger charge is -2.35. The van der Waals surface area contributed by atoms with Gasteiger partial charge >= 0.3 is 18.1 Å². The molecule has 0 atom stereocenters. The molecule has 4 heterocycles. The van der Waals surface area contributed by atoms with E-state index in [4.69, 9.17) is 0 Å². The number of para-hydroxylation sites is 1. The third-order valence-corrected chi connectivity index (χ3v) is 13.1. The average molecular weight is 986 g/mol. The highest BCUT2D eigenvalue weighted by Gasteiger charge is 2.23. The van der Waals surface area contributed by atoms with E-state index < -0.39 is 0 Å². The molecule has 3 saturated heterocycles. The maximum atomic E-state index is 12.0. The van der Waals surface area contributed by atoms with Crippen molar-refractivity contribution >= 4 is 41.1 Å². The van der Waals surface area contributed by atoms with Crippen molar-refractivity contribution in [2.75, 3.05) is 95.0 Å². The first-order chi connectivity index (χ1) is 35.0. The predicted molar refractivity (Wildman–Crippen MR) is 287 cm³/mol. The van der Waals surface area contributed by atoms with Crippen LogP contribution in [0.3, 0.4) is 0 Å². The van der Waals surface area contributed by atoms with Crippen LogP contribution in [0.15, 0.2) is 116 Å². The number of anilines is 3. The van der Waals surface area contributed by atoms with Gasteiger partial charge in [0.25, 0.3) is 5.69 Å². The van der Waals surface area contributed by atoms with E-state index in [2.05, 4.69) is 124 Å². The summed E-state index contributed by atoms with van der Waals surface area (Å²) in [5.41, 5.74) is 6.18. The van der Waals surface area contributed by atoms with Crippen LogP contribution in [-0.4, -0.2) is 148 Å². The van der Waals surface area contributed by atoms with Crippen molar-refractivity contribution in [1.82, 2.24) is 50.3 Å². The van der Waals surface area contributed by atoms with Crippen LogP contribution in [-0.2, 0) is 19.6 Å². The second-order valence-electron chi connectivity index (χ2n) is 18.6. The van der Waals surface area contributed by atoms with Crippen LogP contribution in [0.25, 0.3) is 0 Å². The van der Waals surface area contributed by atoms with Gasteiger partial charge in [-0.25, -0.2) is 19.4 Å². The number of carbonyl (C=O) groups is 3. The smallest absolute Gasteiger partial charge is 0.321 e. The number of aromatic nitrogens is 3. The molecule has 5 aromatic rings. The number of carbonyl (C=O) groups excluding carboxylic acids is 3. The molecule has 6 N–H and O–H groups in total. The van der Waals surface area contributed by atoms with Crippen LogP contribution in [0.2, 0.25) is 0 Å². The maximum absolute atomic E-state index is 12.0. The summed E-state index contributed by atoms with van der Waals surface area (Å²) in [4.78, 5) is 60.9. The van der Waals surface area contributed by atoms with Gasteiger partial charge in [0.15, 0.2) is 7.05 Å². The summed E-state index contributed by atoms with van der Waals surface area (Å²) in [7, 11) is 1.44. The van der Waals surface area contributed by atoms with Gasteiger partial charge in [-0.05, 0) is 93.5 Å². The van der Waals surface area contributed by atoms with E-state index in [9.17, 15) is 19.3 Å². The third-order valence-electron chi connectivity index (χ3n) is 13.1. The topological polar surface area (TPSA) is 187 Å². The van der Waals surface area contributed by atoms with Gasteiger partial charge in [-0.15, -0.1) is 5.10 Å². The molecule has 1 aromatic heterocycles. The van der Waals surface area contributed by atoms with Crippen molar-refractivity contribution in [2.45, 2.75) is 84.6 Å². The van der Waals surface area contributed by atoms with Crippen LogP contribution >= 0.6 is 0 Å². The second kappa shape index (κ2) is 29.6. The molecule has 18 heteroatoms. The first kappa shape index (κ1) is 54.6. The predicted octanol–water partition coefficient (Wildman–Crippen LogP) is 7.74. The van der Waals surface area contributed by atoms with E-state index in [1.54, 1.807) is 35.3 Å². The van der Waals surface area contributed by atoms with Gasteiger partial charge in [0.2, 0.25) is 5.95 Å². The molecule has 8 rings (SSSR count). The Bertz CT molecular complexity index is 2380. The largest absolute Gasteiger partial charge is 0.337 e. The molecule has 0 unspecified atom stereocenters. The molecule has 0 spiro atoms. The summed E-state index contributed by atoms with van der Waals surface area (Å²) in [5.74, 6) is 0.343. The number of amides is 6. The quantitative estimate of drug-likeness (QED) is 0.0535. The number of hydrogen-bond acceptors (Lipinski definition) is 10. The van der Waals surface area contributed by atoms with Crippen molar-refractivity contribution in [3.05, 3.63) is 137 Å². The number of urea groups is 3. The summed E-state index contributed by atoms with van der Waals surface area (Å²) in [6.07, 6.45) is 6.68. The van der Waals surface area contributed by atoms with E-state index in [1.165, 1.54) is 30.2 Å². The lowest BCUT2D eigenvalue weighted by Crippen LogP contribution is -2.48. The lowest BCUT2D eigenvalue weighted by molar-refractivity contribution is -0.428. The number of aryl methyl sites for hydroxylation is 2. The van der Waals surface area contributed by atoms with E-state index >= 15 is 0 Å². The van der Waals surface area contributed by atoms with Crippen molar-refractivity contribution < 1.29 is 19.1 Å². The Labute approximate surface area is 425 Å². The zero-order valence-electron chi connectivity index (χ0n) is 42.8. The molecular weight excluding hydrogens is 909 g/mol. The van der Waals surface area contributed by atoms with Gasteiger partial charge in [0.05, 0.1) is 0 Å². The Kier molecular flexibility index (Phi) is 22.4. The van der Waals surface area contributed by atoms with E-state index in [-0.39, 0.29) is 30.2 Å².